The van der Waals surface area contributed by atoms with Crippen LogP contribution in [-0.4, -0.2) is 45.7 Å². The minimum absolute atomic E-state index is 0.111. The SMILES string of the molecule is COC(=O)N[C@H](C(=O)OC)[C@@H](c1ccccc1)c1c[nH]c2ccc(S(=O)(=O)c3ccccc3)cc12. The van der Waals surface area contributed by atoms with Crippen LogP contribution in [0.4, 0.5) is 4.79 Å². The van der Waals surface area contributed by atoms with Gasteiger partial charge in [-0.05, 0) is 41.5 Å². The largest absolute Gasteiger partial charge is 0.467 e. The number of alkyl carbamates (subject to hydrolysis) is 1. The lowest BCUT2D eigenvalue weighted by atomic mass is 9.84. The molecule has 0 saturated carbocycles. The van der Waals surface area contributed by atoms with Crippen molar-refractivity contribution in [2.45, 2.75) is 21.8 Å². The Bertz CT molecular complexity index is 1450. The first kappa shape index (κ1) is 24.0. The number of ether oxygens (including phenoxy) is 2. The summed E-state index contributed by atoms with van der Waals surface area (Å²) < 4.78 is 36.3. The van der Waals surface area contributed by atoms with Crippen LogP contribution in [0, 0.1) is 0 Å². The van der Waals surface area contributed by atoms with Gasteiger partial charge in [-0.3, -0.25) is 0 Å². The van der Waals surface area contributed by atoms with E-state index in [1.165, 1.54) is 32.4 Å². The maximum atomic E-state index is 13.3. The van der Waals surface area contributed by atoms with Crippen LogP contribution in [0.1, 0.15) is 17.0 Å². The van der Waals surface area contributed by atoms with Crippen LogP contribution in [0.3, 0.4) is 0 Å². The van der Waals surface area contributed by atoms with Crippen molar-refractivity contribution in [3.8, 4) is 0 Å². The highest BCUT2D eigenvalue weighted by atomic mass is 32.2. The molecule has 2 N–H and O–H groups in total. The molecule has 0 aliphatic heterocycles. The Morgan fingerprint density at radius 2 is 1.51 bits per heavy atom. The monoisotopic (exact) mass is 492 g/mol. The molecule has 0 spiro atoms. The van der Waals surface area contributed by atoms with Gasteiger partial charge in [-0.25, -0.2) is 18.0 Å². The van der Waals surface area contributed by atoms with Crippen LogP contribution in [0.2, 0.25) is 0 Å². The number of rotatable bonds is 7. The molecule has 0 aliphatic rings. The summed E-state index contributed by atoms with van der Waals surface area (Å²) in [4.78, 5) is 28.4. The molecule has 1 aromatic heterocycles. The van der Waals surface area contributed by atoms with Crippen molar-refractivity contribution in [1.82, 2.24) is 10.3 Å². The number of amides is 1. The number of benzene rings is 3. The Kier molecular flexibility index (Phi) is 6.88. The molecule has 35 heavy (non-hydrogen) atoms. The Morgan fingerprint density at radius 1 is 0.857 bits per heavy atom. The zero-order chi connectivity index (χ0) is 25.0. The Hall–Kier alpha value is -4.11. The summed E-state index contributed by atoms with van der Waals surface area (Å²) in [5, 5.41) is 3.17. The zero-order valence-corrected chi connectivity index (χ0v) is 19.9. The van der Waals surface area contributed by atoms with Crippen LogP contribution in [0.25, 0.3) is 10.9 Å². The van der Waals surface area contributed by atoms with Gasteiger partial charge in [0.25, 0.3) is 0 Å². The van der Waals surface area contributed by atoms with Gasteiger partial charge in [-0.1, -0.05) is 48.5 Å². The van der Waals surface area contributed by atoms with Gasteiger partial charge in [0.1, 0.15) is 6.04 Å². The van der Waals surface area contributed by atoms with Crippen molar-refractivity contribution in [3.63, 3.8) is 0 Å². The van der Waals surface area contributed by atoms with Crippen molar-refractivity contribution in [2.24, 2.45) is 0 Å². The van der Waals surface area contributed by atoms with Gasteiger partial charge in [-0.15, -0.1) is 0 Å². The minimum Gasteiger partial charge on any atom is -0.467 e. The molecule has 0 radical (unpaired) electrons. The third-order valence-electron chi connectivity index (χ3n) is 5.79. The van der Waals surface area contributed by atoms with E-state index in [1.54, 1.807) is 36.5 Å². The number of aromatic amines is 1. The summed E-state index contributed by atoms with van der Waals surface area (Å²) in [6.45, 7) is 0. The molecule has 0 bridgehead atoms. The number of aromatic nitrogens is 1. The lowest BCUT2D eigenvalue weighted by molar-refractivity contribution is -0.143. The normalized spacial score (nSPS) is 13.1. The lowest BCUT2D eigenvalue weighted by Gasteiger charge is -2.26. The molecular weight excluding hydrogens is 468 g/mol. The summed E-state index contributed by atoms with van der Waals surface area (Å²) >= 11 is 0. The van der Waals surface area contributed by atoms with Gasteiger partial charge in [0.2, 0.25) is 9.84 Å². The number of esters is 1. The predicted molar refractivity (Wildman–Crippen MR) is 130 cm³/mol. The number of carbonyl (C=O) groups excluding carboxylic acids is 2. The van der Waals surface area contributed by atoms with Gasteiger partial charge in [0.15, 0.2) is 0 Å². The van der Waals surface area contributed by atoms with E-state index in [-0.39, 0.29) is 9.79 Å². The quantitative estimate of drug-likeness (QED) is 0.377. The summed E-state index contributed by atoms with van der Waals surface area (Å²) in [5.74, 6) is -1.38. The second-order valence-electron chi connectivity index (χ2n) is 7.79. The molecule has 1 heterocycles. The van der Waals surface area contributed by atoms with Crippen molar-refractivity contribution < 1.29 is 27.5 Å². The molecule has 4 aromatic rings. The first-order chi connectivity index (χ1) is 16.9. The average Bonchev–Trinajstić information content (AvgIpc) is 3.31. The van der Waals surface area contributed by atoms with Crippen molar-refractivity contribution in [2.75, 3.05) is 14.2 Å². The van der Waals surface area contributed by atoms with Gasteiger partial charge in [-0.2, -0.15) is 0 Å². The molecule has 0 unspecified atom stereocenters. The first-order valence-electron chi connectivity index (χ1n) is 10.7. The maximum absolute atomic E-state index is 13.3. The van der Waals surface area contributed by atoms with E-state index in [2.05, 4.69) is 10.3 Å². The van der Waals surface area contributed by atoms with E-state index in [0.717, 1.165) is 5.56 Å². The molecule has 0 saturated heterocycles. The fourth-order valence-corrected chi connectivity index (χ4v) is 5.39. The third kappa shape index (κ3) is 4.76. The highest BCUT2D eigenvalue weighted by Gasteiger charge is 2.35. The second kappa shape index (κ2) is 10.0. The van der Waals surface area contributed by atoms with E-state index in [4.69, 9.17) is 9.47 Å². The molecule has 4 rings (SSSR count). The van der Waals surface area contributed by atoms with E-state index in [0.29, 0.717) is 16.5 Å². The first-order valence-corrected chi connectivity index (χ1v) is 12.2. The number of methoxy groups -OCH3 is 2. The number of sulfone groups is 1. The van der Waals surface area contributed by atoms with E-state index in [9.17, 15) is 18.0 Å². The fourth-order valence-electron chi connectivity index (χ4n) is 4.08. The van der Waals surface area contributed by atoms with Gasteiger partial charge >= 0.3 is 12.1 Å². The standard InChI is InChI=1S/C26H24N2O6S/c1-33-25(29)24(28-26(30)34-2)23(17-9-5-3-6-10-17)21-16-27-22-14-13-19(15-20(21)22)35(31,32)18-11-7-4-8-12-18/h3-16,23-24,27H,1-2H3,(H,28,30)/t23-,24-/m0/s1. The number of H-pyrrole nitrogens is 1. The highest BCUT2D eigenvalue weighted by molar-refractivity contribution is 7.91. The van der Waals surface area contributed by atoms with Crippen LogP contribution < -0.4 is 5.32 Å². The summed E-state index contributed by atoms with van der Waals surface area (Å²) in [7, 11) is -1.34. The Morgan fingerprint density at radius 3 is 2.14 bits per heavy atom. The van der Waals surface area contributed by atoms with E-state index >= 15 is 0 Å². The number of carbonyl (C=O) groups is 2. The number of nitrogens with one attached hydrogen (secondary N) is 2. The number of hydrogen-bond acceptors (Lipinski definition) is 6. The summed E-state index contributed by atoms with van der Waals surface area (Å²) in [6, 6.07) is 20.9. The number of hydrogen-bond donors (Lipinski definition) is 2. The summed E-state index contributed by atoms with van der Waals surface area (Å²) in [6.07, 6.45) is 0.907. The predicted octanol–water partition coefficient (Wildman–Crippen LogP) is 4.03. The molecule has 1 amide bonds. The van der Waals surface area contributed by atoms with Gasteiger partial charge < -0.3 is 19.8 Å². The Labute approximate surface area is 202 Å². The minimum atomic E-state index is -3.77. The second-order valence-corrected chi connectivity index (χ2v) is 9.74. The third-order valence-corrected chi connectivity index (χ3v) is 7.56. The van der Waals surface area contributed by atoms with Crippen molar-refractivity contribution in [1.29, 1.82) is 0 Å². The highest BCUT2D eigenvalue weighted by Crippen LogP contribution is 2.36. The van der Waals surface area contributed by atoms with E-state index in [1.807, 2.05) is 30.3 Å². The molecule has 180 valence electrons. The molecule has 9 heteroatoms. The number of fused-ring (bicyclic) bond motifs is 1. The van der Waals surface area contributed by atoms with Crippen LogP contribution in [0.15, 0.2) is 94.9 Å². The van der Waals surface area contributed by atoms with Crippen molar-refractivity contribution in [3.05, 3.63) is 96.2 Å². The smallest absolute Gasteiger partial charge is 0.407 e. The topological polar surface area (TPSA) is 115 Å². The van der Waals surface area contributed by atoms with Crippen LogP contribution in [-0.2, 0) is 24.1 Å². The molecule has 8 nitrogen and oxygen atoms in total. The molecule has 0 fully saturated rings. The fraction of sp³-hybridized carbons (Fsp3) is 0.154. The molecule has 0 aliphatic carbocycles. The average molecular weight is 493 g/mol. The maximum Gasteiger partial charge on any atom is 0.407 e. The molecule has 3 aromatic carbocycles. The summed E-state index contributed by atoms with van der Waals surface area (Å²) in [5.41, 5.74) is 2.01. The van der Waals surface area contributed by atoms with Crippen molar-refractivity contribution >= 4 is 32.8 Å². The molecule has 2 atom stereocenters. The van der Waals surface area contributed by atoms with Gasteiger partial charge in [0.05, 0.1) is 24.0 Å². The zero-order valence-electron chi connectivity index (χ0n) is 19.1. The van der Waals surface area contributed by atoms with Crippen LogP contribution in [0.5, 0.6) is 0 Å². The Balaban J connectivity index is 1.91. The molecular formula is C26H24N2O6S. The van der Waals surface area contributed by atoms with Crippen LogP contribution >= 0.6 is 0 Å². The van der Waals surface area contributed by atoms with Gasteiger partial charge in [0, 0.05) is 23.0 Å². The lowest BCUT2D eigenvalue weighted by Crippen LogP contribution is -2.46. The van der Waals surface area contributed by atoms with E-state index < -0.39 is 33.9 Å².